The van der Waals surface area contributed by atoms with Gasteiger partial charge < -0.3 is 10.6 Å². The highest BCUT2D eigenvalue weighted by atomic mass is 32.2. The van der Waals surface area contributed by atoms with Crippen LogP contribution in [0.5, 0.6) is 0 Å². The largest absolute Gasteiger partial charge is 0.369 e. The maximum Gasteiger partial charge on any atom is 0.248 e. The van der Waals surface area contributed by atoms with Gasteiger partial charge in [-0.05, 0) is 55.7 Å². The number of nitrogens with two attached hydrogens (primary N) is 2. The lowest BCUT2D eigenvalue weighted by atomic mass is 9.72. The summed E-state index contributed by atoms with van der Waals surface area (Å²) >= 11 is 1.21. The summed E-state index contributed by atoms with van der Waals surface area (Å²) in [5.41, 5.74) is 7.55. The lowest BCUT2D eigenvalue weighted by Crippen LogP contribution is -2.66. The molecule has 3 aromatic rings. The Kier molecular flexibility index (Phi) is 5.94. The number of carbonyl (C=O) groups is 2. The first-order valence-electron chi connectivity index (χ1n) is 11.1. The molecule has 2 aliphatic heterocycles. The van der Waals surface area contributed by atoms with Gasteiger partial charge in [0.05, 0.1) is 11.1 Å². The molecule has 2 fully saturated rings. The number of aromatic nitrogens is 1. The first-order chi connectivity index (χ1) is 16.7. The number of aryl methyl sites for hydroxylation is 1. The van der Waals surface area contributed by atoms with Crippen molar-refractivity contribution in [3.05, 3.63) is 59.5 Å². The van der Waals surface area contributed by atoms with E-state index in [0.29, 0.717) is 45.8 Å². The molecule has 1 atom stereocenters. The summed E-state index contributed by atoms with van der Waals surface area (Å²) in [6.45, 7) is 3.48. The predicted molar refractivity (Wildman–Crippen MR) is 134 cm³/mol. The highest BCUT2D eigenvalue weighted by Gasteiger charge is 2.53. The number of primary amides is 1. The molecule has 2 saturated heterocycles. The maximum atomic E-state index is 14.4. The summed E-state index contributed by atoms with van der Waals surface area (Å²) in [6.07, 6.45) is 1.65. The van der Waals surface area contributed by atoms with Crippen molar-refractivity contribution >= 4 is 45.0 Å². The topological polar surface area (TPSA) is 123 Å². The number of carbonyl (C=O) groups excluding carboxylic acids is 2. The summed E-state index contributed by atoms with van der Waals surface area (Å²) in [5.74, 6) is -1.01. The normalized spacial score (nSPS) is 18.0. The molecule has 2 aromatic carbocycles. The summed E-state index contributed by atoms with van der Waals surface area (Å²) in [4.78, 5) is 33.2. The van der Waals surface area contributed by atoms with Gasteiger partial charge in [-0.15, -0.1) is 0 Å². The standard InChI is InChI=1S/C24H24FN5O3S2/c1-14-21(35(27)33)34-23(28-14)30-10-2-9-24(22(30)32)12-29(13-24)17-6-3-15(4-7-17)18-11-16(20(26)31)5-8-19(18)25/h3-8,11H,2,9-10,12-13,27H2,1H3,(H2,26,31). The van der Waals surface area contributed by atoms with E-state index in [2.05, 4.69) is 9.88 Å². The van der Waals surface area contributed by atoms with Crippen molar-refractivity contribution in [3.63, 3.8) is 0 Å². The number of hydrogen-bond donors (Lipinski definition) is 2. The summed E-state index contributed by atoms with van der Waals surface area (Å²) in [7, 11) is -1.63. The van der Waals surface area contributed by atoms with Crippen molar-refractivity contribution in [3.8, 4) is 11.1 Å². The Morgan fingerprint density at radius 1 is 1.20 bits per heavy atom. The van der Waals surface area contributed by atoms with Gasteiger partial charge in [0.1, 0.15) is 21.0 Å². The van der Waals surface area contributed by atoms with Gasteiger partial charge >= 0.3 is 0 Å². The minimum absolute atomic E-state index is 0.0325. The minimum atomic E-state index is -1.63. The number of piperidine rings is 1. The van der Waals surface area contributed by atoms with Crippen LogP contribution >= 0.6 is 11.3 Å². The fourth-order valence-electron chi connectivity index (χ4n) is 4.84. The van der Waals surface area contributed by atoms with Crippen molar-refractivity contribution < 1.29 is 18.2 Å². The quantitative estimate of drug-likeness (QED) is 0.543. The van der Waals surface area contributed by atoms with Crippen LogP contribution in [0.3, 0.4) is 0 Å². The van der Waals surface area contributed by atoms with Gasteiger partial charge in [-0.25, -0.2) is 18.7 Å². The molecule has 5 rings (SSSR count). The van der Waals surface area contributed by atoms with Gasteiger partial charge in [-0.1, -0.05) is 23.5 Å². The third-order valence-electron chi connectivity index (χ3n) is 6.67. The Morgan fingerprint density at radius 3 is 2.54 bits per heavy atom. The van der Waals surface area contributed by atoms with E-state index in [9.17, 15) is 18.2 Å². The van der Waals surface area contributed by atoms with Crippen LogP contribution in [-0.2, 0) is 15.8 Å². The van der Waals surface area contributed by atoms with Crippen LogP contribution in [-0.4, -0.2) is 40.6 Å². The van der Waals surface area contributed by atoms with Crippen molar-refractivity contribution in [1.82, 2.24) is 4.98 Å². The van der Waals surface area contributed by atoms with Gasteiger partial charge in [-0.2, -0.15) is 0 Å². The van der Waals surface area contributed by atoms with E-state index < -0.39 is 28.1 Å². The van der Waals surface area contributed by atoms with E-state index in [1.54, 1.807) is 24.0 Å². The zero-order valence-corrected chi connectivity index (χ0v) is 20.6. The summed E-state index contributed by atoms with van der Waals surface area (Å²) in [6, 6.07) is 11.4. The monoisotopic (exact) mass is 513 g/mol. The number of benzene rings is 2. The van der Waals surface area contributed by atoms with Crippen molar-refractivity contribution in [1.29, 1.82) is 0 Å². The summed E-state index contributed by atoms with van der Waals surface area (Å²) < 4.78 is 26.6. The smallest absolute Gasteiger partial charge is 0.248 e. The molecule has 1 spiro atoms. The number of thiazole rings is 1. The molecule has 4 N–H and O–H groups in total. The van der Waals surface area contributed by atoms with Crippen LogP contribution in [0.2, 0.25) is 0 Å². The fraction of sp³-hybridized carbons (Fsp3) is 0.292. The van der Waals surface area contributed by atoms with E-state index >= 15 is 0 Å². The molecule has 182 valence electrons. The van der Waals surface area contributed by atoms with Crippen molar-refractivity contribution in [2.75, 3.05) is 29.4 Å². The molecule has 0 saturated carbocycles. The molecule has 11 heteroatoms. The van der Waals surface area contributed by atoms with Crippen LogP contribution < -0.4 is 20.7 Å². The number of amides is 2. The van der Waals surface area contributed by atoms with Crippen molar-refractivity contribution in [2.45, 2.75) is 24.0 Å². The molecular formula is C24H24FN5O3S2. The highest BCUT2D eigenvalue weighted by Crippen LogP contribution is 2.44. The molecule has 1 unspecified atom stereocenters. The Bertz CT molecular complexity index is 1350. The van der Waals surface area contributed by atoms with E-state index in [4.69, 9.17) is 10.9 Å². The molecule has 0 bridgehead atoms. The lowest BCUT2D eigenvalue weighted by Gasteiger charge is -2.53. The average Bonchev–Trinajstić information content (AvgIpc) is 3.20. The molecule has 3 heterocycles. The third-order valence-corrected chi connectivity index (χ3v) is 9.05. The highest BCUT2D eigenvalue weighted by molar-refractivity contribution is 7.85. The predicted octanol–water partition coefficient (Wildman–Crippen LogP) is 2.97. The first kappa shape index (κ1) is 23.6. The molecule has 35 heavy (non-hydrogen) atoms. The number of anilines is 2. The Labute approximate surface area is 208 Å². The molecule has 0 radical (unpaired) electrons. The third kappa shape index (κ3) is 4.13. The van der Waals surface area contributed by atoms with E-state index in [1.165, 1.54) is 29.5 Å². The fourth-order valence-corrected chi connectivity index (χ4v) is 6.55. The maximum absolute atomic E-state index is 14.4. The van der Waals surface area contributed by atoms with Crippen LogP contribution in [0.25, 0.3) is 11.1 Å². The molecular weight excluding hydrogens is 489 g/mol. The van der Waals surface area contributed by atoms with Gasteiger partial charge in [0.25, 0.3) is 0 Å². The first-order valence-corrected chi connectivity index (χ1v) is 13.1. The average molecular weight is 514 g/mol. The molecule has 2 amide bonds. The van der Waals surface area contributed by atoms with Crippen molar-refractivity contribution in [2.24, 2.45) is 16.3 Å². The van der Waals surface area contributed by atoms with Gasteiger partial charge in [0.2, 0.25) is 11.8 Å². The molecule has 1 aromatic heterocycles. The minimum Gasteiger partial charge on any atom is -0.369 e. The molecule has 0 aliphatic carbocycles. The van der Waals surface area contributed by atoms with E-state index in [0.717, 1.165) is 18.5 Å². The molecule has 2 aliphatic rings. The van der Waals surface area contributed by atoms with Gasteiger partial charge in [-0.3, -0.25) is 14.5 Å². The number of halogens is 1. The Morgan fingerprint density at radius 2 is 1.91 bits per heavy atom. The Balaban J connectivity index is 1.31. The molecule has 8 nitrogen and oxygen atoms in total. The number of rotatable bonds is 5. The second-order valence-corrected chi connectivity index (χ2v) is 11.2. The Hall–Kier alpha value is -3.15. The second-order valence-electron chi connectivity index (χ2n) is 8.97. The van der Waals surface area contributed by atoms with Gasteiger partial charge in [0.15, 0.2) is 5.13 Å². The zero-order valence-electron chi connectivity index (χ0n) is 19.0. The summed E-state index contributed by atoms with van der Waals surface area (Å²) in [5, 5.41) is 6.08. The SMILES string of the molecule is Cc1nc(N2CCCC3(CN(c4ccc(-c5cc(C(N)=O)ccc5F)cc4)C3)C2=O)sc1S(N)=O. The number of nitrogens with zero attached hydrogens (tertiary/aromatic N) is 3. The van der Waals surface area contributed by atoms with E-state index in [1.807, 2.05) is 12.1 Å². The van der Waals surface area contributed by atoms with Crippen LogP contribution in [0.1, 0.15) is 28.9 Å². The van der Waals surface area contributed by atoms with Crippen LogP contribution in [0, 0.1) is 18.2 Å². The number of hydrogen-bond acceptors (Lipinski definition) is 6. The van der Waals surface area contributed by atoms with Gasteiger partial charge in [0, 0.05) is 36.4 Å². The van der Waals surface area contributed by atoms with Crippen LogP contribution in [0.15, 0.2) is 46.7 Å². The lowest BCUT2D eigenvalue weighted by molar-refractivity contribution is -0.132. The van der Waals surface area contributed by atoms with E-state index in [-0.39, 0.29) is 11.5 Å². The zero-order chi connectivity index (χ0) is 24.9. The van der Waals surface area contributed by atoms with Crippen LogP contribution in [0.4, 0.5) is 15.2 Å². The second kappa shape index (κ2) is 8.81.